The molecule has 0 saturated carbocycles. The lowest BCUT2D eigenvalue weighted by molar-refractivity contribution is 0.0562. The highest BCUT2D eigenvalue weighted by molar-refractivity contribution is 6.33. The molecule has 2 aromatic carbocycles. The number of hydrogen-bond donors (Lipinski definition) is 1. The van der Waals surface area contributed by atoms with Gasteiger partial charge in [-0.2, -0.15) is 9.78 Å². The monoisotopic (exact) mass is 424 g/mol. The molecule has 1 aliphatic heterocycles. The van der Waals surface area contributed by atoms with Crippen LogP contribution in [0.15, 0.2) is 71.7 Å². The van der Waals surface area contributed by atoms with Gasteiger partial charge in [0.15, 0.2) is 0 Å². The van der Waals surface area contributed by atoms with E-state index in [1.54, 1.807) is 18.3 Å². The van der Waals surface area contributed by atoms with E-state index in [4.69, 9.17) is 11.6 Å². The van der Waals surface area contributed by atoms with E-state index in [0.717, 1.165) is 13.1 Å². The summed E-state index contributed by atoms with van der Waals surface area (Å²) < 4.78 is 1.28. The van der Waals surface area contributed by atoms with E-state index in [1.165, 1.54) is 10.2 Å². The fourth-order valence-corrected chi connectivity index (χ4v) is 4.29. The van der Waals surface area contributed by atoms with Gasteiger partial charge in [0.05, 0.1) is 23.2 Å². The van der Waals surface area contributed by atoms with Gasteiger partial charge in [-0.1, -0.05) is 60.1 Å². The van der Waals surface area contributed by atoms with Gasteiger partial charge in [-0.25, -0.2) is 0 Å². The van der Waals surface area contributed by atoms with Gasteiger partial charge in [-0.05, 0) is 24.1 Å². The molecule has 3 aromatic rings. The molecule has 1 N–H and O–H groups in total. The summed E-state index contributed by atoms with van der Waals surface area (Å²) in [5.74, 6) is 0. The van der Waals surface area contributed by atoms with E-state index in [1.807, 2.05) is 48.3 Å². The molecule has 7 heteroatoms. The van der Waals surface area contributed by atoms with Gasteiger partial charge < -0.3 is 10.0 Å². The summed E-state index contributed by atoms with van der Waals surface area (Å²) in [5.41, 5.74) is 1.15. The maximum absolute atomic E-state index is 12.7. The molecule has 4 rings (SSSR count). The molecule has 0 aliphatic carbocycles. The van der Waals surface area contributed by atoms with Gasteiger partial charge in [0, 0.05) is 33.2 Å². The Bertz CT molecular complexity index is 1060. The van der Waals surface area contributed by atoms with Gasteiger partial charge in [0.2, 0.25) is 0 Å². The fraction of sp³-hybridized carbons (Fsp3) is 0.304. The Labute approximate surface area is 180 Å². The highest BCUT2D eigenvalue weighted by Gasteiger charge is 2.37. The second-order valence-electron chi connectivity index (χ2n) is 7.92. The van der Waals surface area contributed by atoms with Gasteiger partial charge in [0.25, 0.3) is 5.56 Å². The van der Waals surface area contributed by atoms with Crippen molar-refractivity contribution in [3.63, 3.8) is 0 Å². The Balaban J connectivity index is 1.47. The van der Waals surface area contributed by atoms with Crippen molar-refractivity contribution in [2.45, 2.75) is 18.6 Å². The van der Waals surface area contributed by atoms with E-state index >= 15 is 0 Å². The van der Waals surface area contributed by atoms with Gasteiger partial charge >= 0.3 is 0 Å². The van der Waals surface area contributed by atoms with Gasteiger partial charge in [-0.3, -0.25) is 9.69 Å². The molecule has 1 atom stereocenters. The van der Waals surface area contributed by atoms with Crippen molar-refractivity contribution in [3.05, 3.63) is 87.8 Å². The lowest BCUT2D eigenvalue weighted by atomic mass is 10.0. The minimum Gasteiger partial charge on any atom is -0.387 e. The number of aliphatic hydroxyl groups is 1. The van der Waals surface area contributed by atoms with Crippen LogP contribution >= 0.6 is 11.6 Å². The molecule has 1 fully saturated rings. The van der Waals surface area contributed by atoms with Gasteiger partial charge in [0.1, 0.15) is 5.02 Å². The van der Waals surface area contributed by atoms with Crippen LogP contribution in [0.25, 0.3) is 5.69 Å². The molecule has 6 nitrogen and oxygen atoms in total. The maximum atomic E-state index is 12.7. The predicted molar refractivity (Wildman–Crippen MR) is 119 cm³/mol. The first-order chi connectivity index (χ1) is 14.5. The summed E-state index contributed by atoms with van der Waals surface area (Å²) in [7, 11) is 1.83. The third-order valence-corrected chi connectivity index (χ3v) is 5.86. The number of para-hydroxylation sites is 1. The molecule has 30 heavy (non-hydrogen) atoms. The number of β-amino-alcohol motifs (C(OH)–C–C–N with tert-alkyl or cyclic N) is 1. The first-order valence-corrected chi connectivity index (χ1v) is 10.4. The first-order valence-electron chi connectivity index (χ1n) is 9.98. The van der Waals surface area contributed by atoms with Crippen LogP contribution in [0.4, 0.5) is 5.69 Å². The summed E-state index contributed by atoms with van der Waals surface area (Å²) in [6, 6.07) is 19.4. The topological polar surface area (TPSA) is 61.6 Å². The van der Waals surface area contributed by atoms with Crippen LogP contribution < -0.4 is 10.5 Å². The number of benzene rings is 2. The maximum Gasteiger partial charge on any atom is 0.292 e. The van der Waals surface area contributed by atoms with Crippen molar-refractivity contribution in [3.8, 4) is 5.69 Å². The number of likely N-dealkylation sites (tertiary alicyclic amines) is 1. The Morgan fingerprint density at radius 1 is 1.13 bits per heavy atom. The minimum atomic E-state index is -0.874. The van der Waals surface area contributed by atoms with Gasteiger partial charge in [-0.15, -0.1) is 0 Å². The molecule has 0 radical (unpaired) electrons. The lowest BCUT2D eigenvalue weighted by Gasteiger charge is -2.30. The summed E-state index contributed by atoms with van der Waals surface area (Å²) in [6.07, 6.45) is 2.24. The Hall–Kier alpha value is -2.67. The second kappa shape index (κ2) is 8.60. The fourth-order valence-electron chi connectivity index (χ4n) is 4.02. The normalized spacial score (nSPS) is 19.2. The summed E-state index contributed by atoms with van der Waals surface area (Å²) in [5, 5.41) is 15.5. The molecule has 1 aromatic heterocycles. The van der Waals surface area contributed by atoms with Crippen LogP contribution in [0.1, 0.15) is 12.0 Å². The van der Waals surface area contributed by atoms with E-state index < -0.39 is 5.60 Å². The minimum absolute atomic E-state index is 0.0964. The number of likely N-dealkylation sites (N-methyl/N-ethyl adjacent to an activating group) is 1. The molecule has 0 spiro atoms. The molecule has 0 bridgehead atoms. The smallest absolute Gasteiger partial charge is 0.292 e. The second-order valence-corrected chi connectivity index (χ2v) is 8.30. The van der Waals surface area contributed by atoms with Crippen molar-refractivity contribution in [2.75, 3.05) is 31.6 Å². The largest absolute Gasteiger partial charge is 0.387 e. The summed E-state index contributed by atoms with van der Waals surface area (Å²) >= 11 is 6.40. The third kappa shape index (κ3) is 4.41. The molecular formula is C23H25ClN4O2. The van der Waals surface area contributed by atoms with Crippen LogP contribution in [0.5, 0.6) is 0 Å². The quantitative estimate of drug-likeness (QED) is 0.659. The molecule has 0 amide bonds. The van der Waals surface area contributed by atoms with E-state index in [9.17, 15) is 9.90 Å². The van der Waals surface area contributed by atoms with Crippen molar-refractivity contribution in [1.29, 1.82) is 0 Å². The highest BCUT2D eigenvalue weighted by Crippen LogP contribution is 2.27. The standard InChI is InChI=1S/C23H25ClN4O2/c1-26(16-23(30)12-13-27(17-23)15-18-8-4-2-5-9-18)20-14-25-28(22(29)21(20)24)19-10-6-3-7-11-19/h2-11,14,30H,12-13,15-17H2,1H3. The number of rotatable bonds is 6. The van der Waals surface area contributed by atoms with E-state index in [-0.39, 0.29) is 10.6 Å². The van der Waals surface area contributed by atoms with Crippen molar-refractivity contribution >= 4 is 17.3 Å². The average Bonchev–Trinajstić information content (AvgIpc) is 3.11. The molecule has 1 unspecified atom stereocenters. The van der Waals surface area contributed by atoms with Crippen molar-refractivity contribution in [2.24, 2.45) is 0 Å². The number of aromatic nitrogens is 2. The van der Waals surface area contributed by atoms with E-state index in [0.29, 0.717) is 30.9 Å². The number of hydrogen-bond acceptors (Lipinski definition) is 5. The zero-order chi connectivity index (χ0) is 21.1. The Kier molecular flexibility index (Phi) is 5.90. The molecule has 2 heterocycles. The van der Waals surface area contributed by atoms with E-state index in [2.05, 4.69) is 22.1 Å². The number of nitrogens with zero attached hydrogens (tertiary/aromatic N) is 4. The molecule has 1 saturated heterocycles. The van der Waals surface area contributed by atoms with Crippen LogP contribution in [0, 0.1) is 0 Å². The molecule has 156 valence electrons. The predicted octanol–water partition coefficient (Wildman–Crippen LogP) is 2.96. The summed E-state index contributed by atoms with van der Waals surface area (Å²) in [4.78, 5) is 16.8. The zero-order valence-electron chi connectivity index (χ0n) is 16.9. The SMILES string of the molecule is CN(CC1(O)CCN(Cc2ccccc2)C1)c1cnn(-c2ccccc2)c(=O)c1Cl. The van der Waals surface area contributed by atoms with Crippen LogP contribution in [0.2, 0.25) is 5.02 Å². The van der Waals surface area contributed by atoms with Crippen LogP contribution in [-0.2, 0) is 6.54 Å². The van der Waals surface area contributed by atoms with Crippen molar-refractivity contribution in [1.82, 2.24) is 14.7 Å². The zero-order valence-corrected chi connectivity index (χ0v) is 17.7. The van der Waals surface area contributed by atoms with Crippen molar-refractivity contribution < 1.29 is 5.11 Å². The Morgan fingerprint density at radius 2 is 1.80 bits per heavy atom. The molecule has 1 aliphatic rings. The third-order valence-electron chi connectivity index (χ3n) is 5.50. The molecular weight excluding hydrogens is 400 g/mol. The highest BCUT2D eigenvalue weighted by atomic mass is 35.5. The van der Waals surface area contributed by atoms with Crippen LogP contribution in [0.3, 0.4) is 0 Å². The number of halogens is 1. The lowest BCUT2D eigenvalue weighted by Crippen LogP contribution is -2.44. The Morgan fingerprint density at radius 3 is 2.50 bits per heavy atom. The van der Waals surface area contributed by atoms with Crippen LogP contribution in [-0.4, -0.2) is 52.1 Å². The summed E-state index contributed by atoms with van der Waals surface area (Å²) in [6.45, 7) is 2.57. The average molecular weight is 425 g/mol. The first kappa shape index (κ1) is 20.6. The number of anilines is 1.